The standard InChI is InChI=1S/C18H21N5O2/c1-10(2)9-23-7-6-19-18(23)21-16(24)13-8-14(12-4-5-12)20-17-15(13)11(3)22-25-17/h6-8,10,12H,4-5,9H2,1-3H3,(H,19,21,24). The number of carbonyl (C=O) groups is 1. The first-order valence-corrected chi connectivity index (χ1v) is 8.62. The van der Waals surface area contributed by atoms with Gasteiger partial charge in [-0.05, 0) is 31.7 Å². The van der Waals surface area contributed by atoms with E-state index in [9.17, 15) is 4.79 Å². The first-order valence-electron chi connectivity index (χ1n) is 8.62. The number of aromatic nitrogens is 4. The minimum Gasteiger partial charge on any atom is -0.336 e. The number of aryl methyl sites for hydroxylation is 1. The van der Waals surface area contributed by atoms with Gasteiger partial charge in [0.25, 0.3) is 11.6 Å². The van der Waals surface area contributed by atoms with E-state index in [-0.39, 0.29) is 5.91 Å². The van der Waals surface area contributed by atoms with Crippen molar-refractivity contribution < 1.29 is 9.32 Å². The molecule has 1 fully saturated rings. The van der Waals surface area contributed by atoms with Gasteiger partial charge in [-0.25, -0.2) is 9.97 Å². The number of hydrogen-bond donors (Lipinski definition) is 1. The molecule has 7 heteroatoms. The van der Waals surface area contributed by atoms with Crippen LogP contribution in [0.2, 0.25) is 0 Å². The van der Waals surface area contributed by atoms with Gasteiger partial charge in [0, 0.05) is 30.6 Å². The van der Waals surface area contributed by atoms with E-state index >= 15 is 0 Å². The van der Waals surface area contributed by atoms with E-state index in [1.165, 1.54) is 0 Å². The Morgan fingerprint density at radius 1 is 1.44 bits per heavy atom. The molecule has 25 heavy (non-hydrogen) atoms. The van der Waals surface area contributed by atoms with Crippen LogP contribution < -0.4 is 5.32 Å². The average Bonchev–Trinajstić information content (AvgIpc) is 3.25. The summed E-state index contributed by atoms with van der Waals surface area (Å²) in [5.74, 6) is 1.21. The number of rotatable bonds is 5. The second-order valence-corrected chi connectivity index (χ2v) is 7.07. The van der Waals surface area contributed by atoms with Crippen molar-refractivity contribution in [3.8, 4) is 0 Å². The summed E-state index contributed by atoms with van der Waals surface area (Å²) in [5.41, 5.74) is 2.54. The second kappa shape index (κ2) is 5.98. The van der Waals surface area contributed by atoms with Crippen molar-refractivity contribution >= 4 is 23.0 Å². The zero-order valence-corrected chi connectivity index (χ0v) is 14.6. The van der Waals surface area contributed by atoms with Crippen molar-refractivity contribution in [1.82, 2.24) is 19.7 Å². The maximum Gasteiger partial charge on any atom is 0.259 e. The number of nitrogens with zero attached hydrogens (tertiary/aromatic N) is 4. The lowest BCUT2D eigenvalue weighted by Crippen LogP contribution is -2.18. The Morgan fingerprint density at radius 3 is 2.96 bits per heavy atom. The Labute approximate surface area is 145 Å². The van der Waals surface area contributed by atoms with Crippen LogP contribution in [0, 0.1) is 12.8 Å². The van der Waals surface area contributed by atoms with E-state index in [0.29, 0.717) is 40.1 Å². The van der Waals surface area contributed by atoms with E-state index in [4.69, 9.17) is 4.52 Å². The Bertz CT molecular complexity index is 936. The summed E-state index contributed by atoms with van der Waals surface area (Å²) in [6.07, 6.45) is 5.77. The number of pyridine rings is 1. The van der Waals surface area contributed by atoms with Gasteiger partial charge in [0.2, 0.25) is 5.95 Å². The Balaban J connectivity index is 1.70. The predicted molar refractivity (Wildman–Crippen MR) is 93.5 cm³/mol. The van der Waals surface area contributed by atoms with Crippen molar-refractivity contribution in [2.24, 2.45) is 5.92 Å². The first kappa shape index (κ1) is 15.8. The molecular weight excluding hydrogens is 318 g/mol. The van der Waals surface area contributed by atoms with Crippen LogP contribution in [-0.2, 0) is 6.54 Å². The van der Waals surface area contributed by atoms with Crippen LogP contribution in [0.15, 0.2) is 23.0 Å². The summed E-state index contributed by atoms with van der Waals surface area (Å²) in [6.45, 7) is 6.86. The fourth-order valence-corrected chi connectivity index (χ4v) is 3.02. The molecule has 1 amide bonds. The van der Waals surface area contributed by atoms with Crippen LogP contribution >= 0.6 is 0 Å². The third-order valence-electron chi connectivity index (χ3n) is 4.38. The molecule has 0 radical (unpaired) electrons. The van der Waals surface area contributed by atoms with Gasteiger partial charge >= 0.3 is 0 Å². The number of hydrogen-bond acceptors (Lipinski definition) is 5. The molecule has 3 heterocycles. The van der Waals surface area contributed by atoms with Crippen LogP contribution in [0.5, 0.6) is 0 Å². The number of fused-ring (bicyclic) bond motifs is 1. The molecule has 0 bridgehead atoms. The summed E-state index contributed by atoms with van der Waals surface area (Å²) < 4.78 is 7.26. The average molecular weight is 339 g/mol. The third-order valence-corrected chi connectivity index (χ3v) is 4.38. The number of amides is 1. The molecule has 1 saturated carbocycles. The lowest BCUT2D eigenvalue weighted by atomic mass is 10.1. The van der Waals surface area contributed by atoms with Crippen LogP contribution in [0.1, 0.15) is 54.4 Å². The third kappa shape index (κ3) is 3.01. The molecule has 0 aromatic carbocycles. The Kier molecular flexibility index (Phi) is 3.78. The van der Waals surface area contributed by atoms with E-state index in [2.05, 4.69) is 34.3 Å². The molecule has 3 aromatic heterocycles. The van der Waals surface area contributed by atoms with Gasteiger partial charge in [-0.15, -0.1) is 0 Å². The predicted octanol–water partition coefficient (Wildman–Crippen LogP) is 3.51. The van der Waals surface area contributed by atoms with Gasteiger partial charge in [-0.1, -0.05) is 19.0 Å². The number of imidazole rings is 1. The maximum absolute atomic E-state index is 12.9. The molecular formula is C18H21N5O2. The molecule has 0 spiro atoms. The minimum atomic E-state index is -0.211. The van der Waals surface area contributed by atoms with Crippen molar-refractivity contribution in [2.45, 2.75) is 46.1 Å². The van der Waals surface area contributed by atoms with Crippen molar-refractivity contribution in [3.63, 3.8) is 0 Å². The minimum absolute atomic E-state index is 0.211. The van der Waals surface area contributed by atoms with Gasteiger partial charge in [0.05, 0.1) is 16.6 Å². The van der Waals surface area contributed by atoms with Crippen molar-refractivity contribution in [2.75, 3.05) is 5.32 Å². The summed E-state index contributed by atoms with van der Waals surface area (Å²) in [6, 6.07) is 1.87. The molecule has 1 N–H and O–H groups in total. The van der Waals surface area contributed by atoms with Crippen molar-refractivity contribution in [3.05, 3.63) is 35.4 Å². The van der Waals surface area contributed by atoms with E-state index < -0.39 is 0 Å². The van der Waals surface area contributed by atoms with Crippen LogP contribution in [0.25, 0.3) is 11.1 Å². The lowest BCUT2D eigenvalue weighted by molar-refractivity contribution is 0.102. The highest BCUT2D eigenvalue weighted by atomic mass is 16.5. The molecule has 0 saturated heterocycles. The maximum atomic E-state index is 12.9. The number of anilines is 1. The summed E-state index contributed by atoms with van der Waals surface area (Å²) in [4.78, 5) is 21.7. The van der Waals surface area contributed by atoms with Gasteiger partial charge in [0.15, 0.2) is 0 Å². The lowest BCUT2D eigenvalue weighted by Gasteiger charge is -2.11. The highest BCUT2D eigenvalue weighted by molar-refractivity contribution is 6.11. The Hall–Kier alpha value is -2.70. The van der Waals surface area contributed by atoms with Gasteiger partial charge in [-0.2, -0.15) is 0 Å². The van der Waals surface area contributed by atoms with E-state index in [0.717, 1.165) is 25.1 Å². The molecule has 3 aromatic rings. The smallest absolute Gasteiger partial charge is 0.259 e. The zero-order valence-electron chi connectivity index (χ0n) is 14.6. The normalized spacial score (nSPS) is 14.4. The van der Waals surface area contributed by atoms with Crippen LogP contribution in [-0.4, -0.2) is 25.6 Å². The second-order valence-electron chi connectivity index (χ2n) is 7.07. The largest absolute Gasteiger partial charge is 0.336 e. The van der Waals surface area contributed by atoms with Gasteiger partial charge in [0.1, 0.15) is 0 Å². The summed E-state index contributed by atoms with van der Waals surface area (Å²) in [7, 11) is 0. The van der Waals surface area contributed by atoms with Gasteiger partial charge < -0.3 is 9.09 Å². The zero-order chi connectivity index (χ0) is 17.6. The van der Waals surface area contributed by atoms with Crippen molar-refractivity contribution in [1.29, 1.82) is 0 Å². The summed E-state index contributed by atoms with van der Waals surface area (Å²) >= 11 is 0. The first-order chi connectivity index (χ1) is 12.0. The molecule has 1 aliphatic rings. The quantitative estimate of drug-likeness (QED) is 0.769. The Morgan fingerprint density at radius 2 is 2.24 bits per heavy atom. The highest BCUT2D eigenvalue weighted by Crippen LogP contribution is 2.40. The molecule has 1 aliphatic carbocycles. The fraction of sp³-hybridized carbons (Fsp3) is 0.444. The topological polar surface area (TPSA) is 85.8 Å². The van der Waals surface area contributed by atoms with Crippen LogP contribution in [0.4, 0.5) is 5.95 Å². The van der Waals surface area contributed by atoms with Gasteiger partial charge in [-0.3, -0.25) is 10.1 Å². The molecule has 4 rings (SSSR count). The van der Waals surface area contributed by atoms with E-state index in [1.54, 1.807) is 6.20 Å². The monoisotopic (exact) mass is 339 g/mol. The number of nitrogens with one attached hydrogen (secondary N) is 1. The summed E-state index contributed by atoms with van der Waals surface area (Å²) in [5, 5.41) is 7.57. The molecule has 130 valence electrons. The highest BCUT2D eigenvalue weighted by Gasteiger charge is 2.28. The number of carbonyl (C=O) groups excluding carboxylic acids is 1. The molecule has 0 unspecified atom stereocenters. The van der Waals surface area contributed by atoms with E-state index in [1.807, 2.05) is 23.8 Å². The fourth-order valence-electron chi connectivity index (χ4n) is 3.02. The SMILES string of the molecule is Cc1noc2nc(C3CC3)cc(C(=O)Nc3nccn3CC(C)C)c12. The molecule has 0 aliphatic heterocycles. The molecule has 0 atom stereocenters. The van der Waals surface area contributed by atoms with Crippen LogP contribution in [0.3, 0.4) is 0 Å². The molecule has 7 nitrogen and oxygen atoms in total.